The lowest BCUT2D eigenvalue weighted by Gasteiger charge is -2.28. The smallest absolute Gasteiger partial charge is 0.255 e. The van der Waals surface area contributed by atoms with Crippen LogP contribution in [0.25, 0.3) is 22.4 Å². The van der Waals surface area contributed by atoms with Crippen molar-refractivity contribution < 1.29 is 9.59 Å². The molecule has 1 saturated heterocycles. The van der Waals surface area contributed by atoms with Gasteiger partial charge in [0.15, 0.2) is 5.65 Å². The van der Waals surface area contributed by atoms with Crippen molar-refractivity contribution in [2.45, 2.75) is 52.1 Å². The first-order valence-electron chi connectivity index (χ1n) is 10.9. The summed E-state index contributed by atoms with van der Waals surface area (Å²) in [6.07, 6.45) is 10.9. The first kappa shape index (κ1) is 19.7. The summed E-state index contributed by atoms with van der Waals surface area (Å²) in [6.45, 7) is 6.40. The van der Waals surface area contributed by atoms with Gasteiger partial charge in [-0.3, -0.25) is 14.3 Å². The Kier molecular flexibility index (Phi) is 4.75. The number of nitrogens with one attached hydrogen (secondary N) is 2. The standard InChI is InChI=1S/C22H27N7O2/c1-3-29-13-14(10-25-29)16-12-24-19-17(26-16)15(11-23-19)20(30)27-18(22(2)6-7-22)21(31)28-8-4-5-9-28/h10-13,18H,3-9H2,1-2H3,(H,23,24)(H,27,30)/t18-/m0/s1. The molecule has 1 aliphatic heterocycles. The van der Waals surface area contributed by atoms with E-state index in [0.717, 1.165) is 50.9 Å². The molecule has 3 aromatic heterocycles. The van der Waals surface area contributed by atoms with Crippen LogP contribution in [-0.4, -0.2) is 60.6 Å². The third kappa shape index (κ3) is 3.58. The average molecular weight is 422 g/mol. The molecule has 2 amide bonds. The minimum atomic E-state index is -0.512. The van der Waals surface area contributed by atoms with Gasteiger partial charge in [0, 0.05) is 37.6 Å². The number of aromatic nitrogens is 5. The molecule has 5 rings (SSSR count). The van der Waals surface area contributed by atoms with Gasteiger partial charge in [0.05, 0.1) is 23.7 Å². The Morgan fingerprint density at radius 3 is 2.71 bits per heavy atom. The fraction of sp³-hybridized carbons (Fsp3) is 0.500. The van der Waals surface area contributed by atoms with Crippen molar-refractivity contribution in [1.82, 2.24) is 34.9 Å². The molecule has 2 N–H and O–H groups in total. The molecule has 2 fully saturated rings. The Hall–Kier alpha value is -3.23. The van der Waals surface area contributed by atoms with Gasteiger partial charge in [0.2, 0.25) is 5.91 Å². The summed E-state index contributed by atoms with van der Waals surface area (Å²) in [6, 6.07) is -0.512. The molecule has 1 atom stereocenters. The van der Waals surface area contributed by atoms with E-state index in [0.29, 0.717) is 22.4 Å². The van der Waals surface area contributed by atoms with Crippen LogP contribution < -0.4 is 5.32 Å². The second-order valence-electron chi connectivity index (χ2n) is 8.83. The van der Waals surface area contributed by atoms with E-state index in [4.69, 9.17) is 0 Å². The largest absolute Gasteiger partial charge is 0.344 e. The molecule has 0 aromatic carbocycles. The number of rotatable bonds is 6. The van der Waals surface area contributed by atoms with Crippen LogP contribution in [0.4, 0.5) is 0 Å². The molecular formula is C22H27N7O2. The number of carbonyl (C=O) groups is 2. The van der Waals surface area contributed by atoms with Crippen LogP contribution in [0, 0.1) is 5.41 Å². The molecule has 2 aliphatic rings. The molecule has 0 unspecified atom stereocenters. The maximum absolute atomic E-state index is 13.2. The van der Waals surface area contributed by atoms with Gasteiger partial charge in [-0.25, -0.2) is 9.97 Å². The molecule has 0 bridgehead atoms. The molecule has 162 valence electrons. The summed E-state index contributed by atoms with van der Waals surface area (Å²) < 4.78 is 1.82. The highest BCUT2D eigenvalue weighted by Crippen LogP contribution is 2.48. The summed E-state index contributed by atoms with van der Waals surface area (Å²) in [5, 5.41) is 7.32. The third-order valence-corrected chi connectivity index (χ3v) is 6.55. The van der Waals surface area contributed by atoms with Gasteiger partial charge in [-0.05, 0) is 38.0 Å². The van der Waals surface area contributed by atoms with Crippen LogP contribution >= 0.6 is 0 Å². The van der Waals surface area contributed by atoms with E-state index in [1.54, 1.807) is 18.6 Å². The maximum Gasteiger partial charge on any atom is 0.255 e. The molecule has 1 saturated carbocycles. The Bertz CT molecular complexity index is 1140. The Morgan fingerprint density at radius 1 is 1.26 bits per heavy atom. The minimum absolute atomic E-state index is 0.0319. The Labute approximate surface area is 180 Å². The number of nitrogens with zero attached hydrogens (tertiary/aromatic N) is 5. The fourth-order valence-electron chi connectivity index (χ4n) is 4.22. The number of likely N-dealkylation sites (tertiary alicyclic amines) is 1. The van der Waals surface area contributed by atoms with Crippen LogP contribution in [0.1, 0.15) is 49.9 Å². The van der Waals surface area contributed by atoms with Gasteiger partial charge in [-0.15, -0.1) is 0 Å². The predicted molar refractivity (Wildman–Crippen MR) is 115 cm³/mol. The van der Waals surface area contributed by atoms with Gasteiger partial charge in [-0.1, -0.05) is 6.92 Å². The van der Waals surface area contributed by atoms with Gasteiger partial charge >= 0.3 is 0 Å². The van der Waals surface area contributed by atoms with Gasteiger partial charge in [0.1, 0.15) is 11.6 Å². The van der Waals surface area contributed by atoms with Gasteiger partial charge < -0.3 is 15.2 Å². The second-order valence-corrected chi connectivity index (χ2v) is 8.83. The van der Waals surface area contributed by atoms with Crippen LogP contribution in [0.15, 0.2) is 24.8 Å². The number of aromatic amines is 1. The summed E-state index contributed by atoms with van der Waals surface area (Å²) in [4.78, 5) is 40.4. The highest BCUT2D eigenvalue weighted by atomic mass is 16.2. The summed E-state index contributed by atoms with van der Waals surface area (Å²) >= 11 is 0. The zero-order chi connectivity index (χ0) is 21.6. The molecular weight excluding hydrogens is 394 g/mol. The Balaban J connectivity index is 1.43. The summed E-state index contributed by atoms with van der Waals surface area (Å²) in [5.41, 5.74) is 2.75. The number of H-pyrrole nitrogens is 1. The Morgan fingerprint density at radius 2 is 2.03 bits per heavy atom. The van der Waals surface area contributed by atoms with Crippen molar-refractivity contribution >= 4 is 23.0 Å². The first-order chi connectivity index (χ1) is 15.0. The molecule has 9 heteroatoms. The maximum atomic E-state index is 13.2. The van der Waals surface area contributed by atoms with Crippen LogP contribution in [-0.2, 0) is 11.3 Å². The van der Waals surface area contributed by atoms with Crippen molar-refractivity contribution in [3.63, 3.8) is 0 Å². The zero-order valence-corrected chi connectivity index (χ0v) is 17.9. The lowest BCUT2D eigenvalue weighted by atomic mass is 9.97. The SMILES string of the molecule is CCn1cc(-c2cnc3[nH]cc(C(=O)N[C@@H](C(=O)N4CCCC4)C4(C)CC4)c3n2)cn1. The monoisotopic (exact) mass is 421 g/mol. The lowest BCUT2D eigenvalue weighted by molar-refractivity contribution is -0.133. The third-order valence-electron chi connectivity index (χ3n) is 6.55. The average Bonchev–Trinajstić information content (AvgIpc) is 3.26. The van der Waals surface area contributed by atoms with E-state index < -0.39 is 6.04 Å². The number of fused-ring (bicyclic) bond motifs is 1. The summed E-state index contributed by atoms with van der Waals surface area (Å²) in [5.74, 6) is -0.267. The molecule has 31 heavy (non-hydrogen) atoms. The molecule has 4 heterocycles. The van der Waals surface area contributed by atoms with Crippen LogP contribution in [0.3, 0.4) is 0 Å². The molecule has 9 nitrogen and oxygen atoms in total. The zero-order valence-electron chi connectivity index (χ0n) is 17.9. The topological polar surface area (TPSA) is 109 Å². The first-order valence-corrected chi connectivity index (χ1v) is 10.9. The van der Waals surface area contributed by atoms with E-state index in [1.807, 2.05) is 22.7 Å². The molecule has 0 radical (unpaired) electrons. The lowest BCUT2D eigenvalue weighted by Crippen LogP contribution is -2.52. The van der Waals surface area contributed by atoms with Crippen molar-refractivity contribution in [2.24, 2.45) is 5.41 Å². The van der Waals surface area contributed by atoms with Crippen LogP contribution in [0.5, 0.6) is 0 Å². The highest BCUT2D eigenvalue weighted by molar-refractivity contribution is 6.06. The quantitative estimate of drug-likeness (QED) is 0.635. The number of amides is 2. The van der Waals surface area contributed by atoms with Crippen molar-refractivity contribution in [2.75, 3.05) is 13.1 Å². The number of hydrogen-bond donors (Lipinski definition) is 2. The molecule has 0 spiro atoms. The second kappa shape index (κ2) is 7.47. The number of aryl methyl sites for hydroxylation is 1. The van der Waals surface area contributed by atoms with Crippen LogP contribution in [0.2, 0.25) is 0 Å². The van der Waals surface area contributed by atoms with E-state index in [-0.39, 0.29) is 17.2 Å². The molecule has 1 aliphatic carbocycles. The van der Waals surface area contributed by atoms with E-state index in [9.17, 15) is 9.59 Å². The van der Waals surface area contributed by atoms with Crippen molar-refractivity contribution in [3.05, 3.63) is 30.4 Å². The number of hydrogen-bond acceptors (Lipinski definition) is 5. The van der Waals surface area contributed by atoms with Gasteiger partial charge in [-0.2, -0.15) is 5.10 Å². The van der Waals surface area contributed by atoms with Crippen molar-refractivity contribution in [3.8, 4) is 11.3 Å². The highest BCUT2D eigenvalue weighted by Gasteiger charge is 2.50. The van der Waals surface area contributed by atoms with E-state index in [2.05, 4.69) is 32.3 Å². The number of carbonyl (C=O) groups excluding carboxylic acids is 2. The minimum Gasteiger partial charge on any atom is -0.344 e. The summed E-state index contributed by atoms with van der Waals surface area (Å²) in [7, 11) is 0. The predicted octanol–water partition coefficient (Wildman–Crippen LogP) is 2.36. The normalized spacial score (nSPS) is 18.3. The van der Waals surface area contributed by atoms with E-state index in [1.165, 1.54) is 0 Å². The van der Waals surface area contributed by atoms with E-state index >= 15 is 0 Å². The van der Waals surface area contributed by atoms with Crippen molar-refractivity contribution in [1.29, 1.82) is 0 Å². The fourth-order valence-corrected chi connectivity index (χ4v) is 4.22. The molecule has 3 aromatic rings. The van der Waals surface area contributed by atoms with Gasteiger partial charge in [0.25, 0.3) is 5.91 Å².